The number of esters is 2. The molecule has 0 saturated heterocycles. The first kappa shape index (κ1) is 42.1. The molecule has 0 heterocycles. The Balaban J connectivity index is 0.000000332. The number of carbonyl (C=O) groups excluding carboxylic acids is 2. The molecule has 0 aliphatic heterocycles. The van der Waals surface area contributed by atoms with E-state index >= 15 is 0 Å². The molecule has 10 atom stereocenters. The maximum Gasteiger partial charge on any atom is 0.335 e. The van der Waals surface area contributed by atoms with Gasteiger partial charge in [-0.1, -0.05) is 18.7 Å². The van der Waals surface area contributed by atoms with E-state index in [0.717, 1.165) is 49.0 Å². The zero-order valence-corrected chi connectivity index (χ0v) is 34.7. The van der Waals surface area contributed by atoms with Crippen molar-refractivity contribution in [2.75, 3.05) is 41.5 Å². The smallest absolute Gasteiger partial charge is 0.335 e. The minimum atomic E-state index is -0.420. The summed E-state index contributed by atoms with van der Waals surface area (Å²) in [5.74, 6) is 6.18. The monoisotopic (exact) mass is 821 g/mol. The molecule has 0 aromatic carbocycles. The minimum absolute atomic E-state index is 0. The molecule has 0 aromatic heterocycles. The topological polar surface area (TPSA) is 80.3 Å². The van der Waals surface area contributed by atoms with Crippen LogP contribution in [0.15, 0.2) is 36.5 Å². The summed E-state index contributed by atoms with van der Waals surface area (Å²) in [6, 6.07) is 0. The van der Waals surface area contributed by atoms with E-state index in [9.17, 15) is 9.59 Å². The van der Waals surface area contributed by atoms with Crippen molar-refractivity contribution < 1.29 is 131 Å². The minimum Gasteiger partial charge on any atom is -0.438 e. The fraction of sp³-hybridized carbons (Fsp3) is 0.636. The van der Waals surface area contributed by atoms with E-state index < -0.39 is 5.97 Å². The fourth-order valence-corrected chi connectivity index (χ4v) is 7.88. The summed E-state index contributed by atoms with van der Waals surface area (Å²) in [5, 5.41) is 0. The second kappa shape index (κ2) is 21.1. The number of hydrogen-bond donors (Lipinski definition) is 0. The van der Waals surface area contributed by atoms with Crippen LogP contribution >= 0.6 is 0 Å². The van der Waals surface area contributed by atoms with E-state index in [0.29, 0.717) is 29.2 Å². The van der Waals surface area contributed by atoms with Crippen LogP contribution in [0.5, 0.6) is 0 Å². The molecule has 6 aliphatic carbocycles. The van der Waals surface area contributed by atoms with Crippen LogP contribution in [0.25, 0.3) is 0 Å². The van der Waals surface area contributed by atoms with Crippen molar-refractivity contribution >= 4 is 11.9 Å². The van der Waals surface area contributed by atoms with Gasteiger partial charge in [0.25, 0.3) is 0 Å². The Hall–Kier alpha value is 1.09. The summed E-state index contributed by atoms with van der Waals surface area (Å²) in [6.45, 7) is 5.91. The fourth-order valence-electron chi connectivity index (χ4n) is 7.88. The summed E-state index contributed by atoms with van der Waals surface area (Å²) < 4.78 is 24.1. The normalized spacial score (nSPS) is 34.4. The molecule has 4 fully saturated rings. The summed E-state index contributed by atoms with van der Waals surface area (Å²) in [4.78, 5) is 22.6. The average molecular weight is 821 g/mol. The van der Waals surface area contributed by atoms with Crippen molar-refractivity contribution in [3.05, 3.63) is 62.1 Å². The van der Waals surface area contributed by atoms with Gasteiger partial charge in [-0.15, -0.1) is 0 Å². The molecule has 0 amide bonds. The predicted octanol–water partition coefficient (Wildman–Crippen LogP) is 5.20. The van der Waals surface area contributed by atoms with E-state index in [1.54, 1.807) is 21.1 Å². The van der Waals surface area contributed by atoms with Gasteiger partial charge in [-0.05, 0) is 61.7 Å². The summed E-state index contributed by atoms with van der Waals surface area (Å²) in [5.41, 5.74) is 0.382. The van der Waals surface area contributed by atoms with Gasteiger partial charge >= 0.3 is 11.9 Å². The number of allylic oxidation sites excluding steroid dienone is 4. The number of ether oxygens (including phenoxy) is 5. The van der Waals surface area contributed by atoms with Crippen molar-refractivity contribution in [2.24, 2.45) is 59.2 Å². The van der Waals surface area contributed by atoms with Gasteiger partial charge in [-0.3, -0.25) is 16.6 Å². The van der Waals surface area contributed by atoms with Crippen LogP contribution in [0.1, 0.15) is 32.6 Å². The van der Waals surface area contributed by atoms with Gasteiger partial charge in [0.15, 0.2) is 13.6 Å². The van der Waals surface area contributed by atoms with Gasteiger partial charge in [0.05, 0.1) is 5.92 Å². The Morgan fingerprint density at radius 3 is 2.09 bits per heavy atom. The molecule has 4 bridgehead atoms. The average Bonchev–Trinajstić information content (AvgIpc) is 3.76. The zero-order chi connectivity index (χ0) is 28.6. The second-order valence-corrected chi connectivity index (χ2v) is 11.9. The molecule has 0 aromatic rings. The van der Waals surface area contributed by atoms with Crippen LogP contribution in [0.4, 0.5) is 0 Å². The Kier molecular flexibility index (Phi) is 20.7. The van der Waals surface area contributed by atoms with Crippen LogP contribution < -0.4 is 0 Å². The van der Waals surface area contributed by atoms with Crippen LogP contribution in [0, 0.1) is 84.9 Å². The number of methoxy groups -OCH3 is 3. The largest absolute Gasteiger partial charge is 0.438 e. The van der Waals surface area contributed by atoms with Gasteiger partial charge in [0, 0.05) is 132 Å². The molecule has 6 rings (SSSR count). The Morgan fingerprint density at radius 1 is 0.837 bits per heavy atom. The molecule has 10 unspecified atom stereocenters. The van der Waals surface area contributed by atoms with Gasteiger partial charge in [0.1, 0.15) is 0 Å². The van der Waals surface area contributed by atoms with Gasteiger partial charge in [-0.25, -0.2) is 11.2 Å². The molecule has 233 valence electrons. The van der Waals surface area contributed by atoms with Crippen molar-refractivity contribution in [1.82, 2.24) is 0 Å². The molecule has 6 aliphatic rings. The van der Waals surface area contributed by atoms with Crippen LogP contribution in [-0.2, 0) is 131 Å². The van der Waals surface area contributed by atoms with Crippen LogP contribution in [-0.4, -0.2) is 53.5 Å². The quantitative estimate of drug-likeness (QED) is 0.0833. The first-order valence-corrected chi connectivity index (χ1v) is 14.6. The maximum absolute atomic E-state index is 12.1. The summed E-state index contributed by atoms with van der Waals surface area (Å²) in [7, 11) is 4.78. The van der Waals surface area contributed by atoms with E-state index in [1.807, 2.05) is 0 Å². The standard InChI is InChI=1S/C15H20O3.C12H16O.C6H10O3.3Y/c1-17-7-18-15(16)12-6-10-5-11(12)14-9-3-2-8(4-9)13(10)14;1-13-9-10-6-7-11-4-2-3-5-12(11)8-10;1-5(2)6(7)9-4-8-3;;;/h2-3,8-14H,4-7H2,1H3;2-5,7-8,10-12H,6,9H2,1H3;1,4H2,2-3H3;;;/q;-4;;;;. The number of rotatable bonds is 8. The van der Waals surface area contributed by atoms with Crippen LogP contribution in [0.3, 0.4) is 0 Å². The molecule has 7 nitrogen and oxygen atoms in total. The third-order valence-electron chi connectivity index (χ3n) is 9.36. The van der Waals surface area contributed by atoms with Crippen molar-refractivity contribution in [1.29, 1.82) is 0 Å². The molecule has 3 radical (unpaired) electrons. The molecule has 10 heteroatoms. The van der Waals surface area contributed by atoms with E-state index in [-0.39, 0.29) is 124 Å². The third kappa shape index (κ3) is 11.1. The molecular formula is C33H46O7Y3-4. The zero-order valence-electron chi connectivity index (χ0n) is 26.1. The first-order valence-electron chi connectivity index (χ1n) is 14.6. The van der Waals surface area contributed by atoms with Gasteiger partial charge < -0.3 is 61.5 Å². The molecule has 0 N–H and O–H groups in total. The molecule has 0 spiro atoms. The Bertz CT molecular complexity index is 941. The number of fused-ring (bicyclic) bond motifs is 10. The SMILES string of the molecule is C=C(C)C(=O)OCOC.COCC1[CH-]C2[CH-]C=C[CH-]C2[CH-]C1.COCOC(=O)C1CC2CC1C1C3C=CC(C3)C21.[Y].[Y].[Y]. The van der Waals surface area contributed by atoms with Crippen molar-refractivity contribution in [3.8, 4) is 0 Å². The van der Waals surface area contributed by atoms with Crippen molar-refractivity contribution in [2.45, 2.75) is 32.6 Å². The van der Waals surface area contributed by atoms with E-state index in [1.165, 1.54) is 20.0 Å². The van der Waals surface area contributed by atoms with Gasteiger partial charge in [-0.2, -0.15) is 5.92 Å². The van der Waals surface area contributed by atoms with E-state index in [2.05, 4.69) is 66.0 Å². The maximum atomic E-state index is 12.1. The summed E-state index contributed by atoms with van der Waals surface area (Å²) >= 11 is 0. The van der Waals surface area contributed by atoms with Crippen LogP contribution in [0.2, 0.25) is 0 Å². The first-order chi connectivity index (χ1) is 19.4. The Labute approximate surface area is 334 Å². The third-order valence-corrected chi connectivity index (χ3v) is 9.36. The predicted molar refractivity (Wildman–Crippen MR) is 151 cm³/mol. The second-order valence-electron chi connectivity index (χ2n) is 11.9. The Morgan fingerprint density at radius 2 is 1.47 bits per heavy atom. The molecule has 4 saturated carbocycles. The van der Waals surface area contributed by atoms with Gasteiger partial charge in [0.2, 0.25) is 0 Å². The molecule has 43 heavy (non-hydrogen) atoms. The summed E-state index contributed by atoms with van der Waals surface area (Å²) in [6.07, 6.45) is 23.4. The number of hydrogen-bond acceptors (Lipinski definition) is 7. The number of carbonyl (C=O) groups is 2. The van der Waals surface area contributed by atoms with Crippen molar-refractivity contribution in [3.63, 3.8) is 0 Å². The molecular weight excluding hydrogens is 775 g/mol. The van der Waals surface area contributed by atoms with E-state index in [4.69, 9.17) is 14.2 Å².